The van der Waals surface area contributed by atoms with Crippen molar-refractivity contribution in [3.05, 3.63) is 53.9 Å². The molecule has 0 aliphatic carbocycles. The summed E-state index contributed by atoms with van der Waals surface area (Å²) in [7, 11) is 0. The molecule has 4 heteroatoms. The summed E-state index contributed by atoms with van der Waals surface area (Å²) in [4.78, 5) is 15.9. The van der Waals surface area contributed by atoms with E-state index >= 15 is 0 Å². The first kappa shape index (κ1) is 14.7. The number of rotatable bonds is 2. The van der Waals surface area contributed by atoms with Gasteiger partial charge < -0.3 is 11.1 Å². The highest BCUT2D eigenvalue weighted by Crippen LogP contribution is 2.17. The van der Waals surface area contributed by atoms with Gasteiger partial charge in [-0.05, 0) is 30.7 Å². The monoisotopic (exact) mass is 257 g/mol. The number of nitrogens with zero attached hydrogens (tertiary/aromatic N) is 1. The molecule has 0 saturated carbocycles. The number of hydrogen-bond acceptors (Lipinski definition) is 3. The SMILES string of the molecule is CC.Cc1ccc(C(=O)Nc2ccccc2N)nc1. The quantitative estimate of drug-likeness (QED) is 0.811. The van der Waals surface area contributed by atoms with Gasteiger partial charge in [-0.1, -0.05) is 32.0 Å². The Balaban J connectivity index is 0.000000861. The molecule has 0 fully saturated rings. The number of amides is 1. The molecule has 0 unspecified atom stereocenters. The van der Waals surface area contributed by atoms with Gasteiger partial charge in [0.05, 0.1) is 11.4 Å². The highest BCUT2D eigenvalue weighted by Gasteiger charge is 2.08. The number of carbonyl (C=O) groups excluding carboxylic acids is 1. The first-order valence-electron chi connectivity index (χ1n) is 6.25. The summed E-state index contributed by atoms with van der Waals surface area (Å²) >= 11 is 0. The van der Waals surface area contributed by atoms with E-state index in [-0.39, 0.29) is 5.91 Å². The summed E-state index contributed by atoms with van der Waals surface area (Å²) in [6.45, 7) is 5.92. The first-order chi connectivity index (χ1) is 9.16. The highest BCUT2D eigenvalue weighted by atomic mass is 16.1. The van der Waals surface area contributed by atoms with E-state index in [0.29, 0.717) is 17.1 Å². The molecule has 0 spiro atoms. The lowest BCUT2D eigenvalue weighted by Gasteiger charge is -2.07. The van der Waals surface area contributed by atoms with Crippen LogP contribution < -0.4 is 11.1 Å². The van der Waals surface area contributed by atoms with Crippen molar-refractivity contribution >= 4 is 17.3 Å². The molecule has 0 radical (unpaired) electrons. The minimum atomic E-state index is -0.261. The number of aromatic nitrogens is 1. The molecule has 0 aliphatic heterocycles. The fourth-order valence-electron chi connectivity index (χ4n) is 1.40. The molecule has 2 aromatic rings. The minimum absolute atomic E-state index is 0.261. The normalized spacial score (nSPS) is 9.21. The summed E-state index contributed by atoms with van der Waals surface area (Å²) in [6, 6.07) is 10.6. The third-order valence-corrected chi connectivity index (χ3v) is 2.35. The van der Waals surface area contributed by atoms with E-state index in [2.05, 4.69) is 10.3 Å². The zero-order valence-electron chi connectivity index (χ0n) is 11.5. The molecule has 0 atom stereocenters. The number of hydrogen-bond donors (Lipinski definition) is 2. The van der Waals surface area contributed by atoms with E-state index in [1.165, 1.54) is 0 Å². The zero-order valence-corrected chi connectivity index (χ0v) is 11.5. The fraction of sp³-hybridized carbons (Fsp3) is 0.200. The zero-order chi connectivity index (χ0) is 14.3. The molecule has 1 amide bonds. The summed E-state index contributed by atoms with van der Waals surface area (Å²) < 4.78 is 0. The van der Waals surface area contributed by atoms with Crippen molar-refractivity contribution in [3.8, 4) is 0 Å². The van der Waals surface area contributed by atoms with Crippen LogP contribution in [0.5, 0.6) is 0 Å². The van der Waals surface area contributed by atoms with Crippen molar-refractivity contribution < 1.29 is 4.79 Å². The second kappa shape index (κ2) is 7.16. The van der Waals surface area contributed by atoms with Crippen molar-refractivity contribution in [1.29, 1.82) is 0 Å². The van der Waals surface area contributed by atoms with E-state index in [9.17, 15) is 4.79 Å². The van der Waals surface area contributed by atoms with Gasteiger partial charge in [-0.3, -0.25) is 9.78 Å². The van der Waals surface area contributed by atoms with Gasteiger partial charge in [0, 0.05) is 6.20 Å². The van der Waals surface area contributed by atoms with E-state index in [0.717, 1.165) is 5.56 Å². The van der Waals surface area contributed by atoms with Crippen LogP contribution in [-0.2, 0) is 0 Å². The molecule has 0 bridgehead atoms. The maximum absolute atomic E-state index is 11.8. The van der Waals surface area contributed by atoms with Crippen molar-refractivity contribution in [2.24, 2.45) is 0 Å². The van der Waals surface area contributed by atoms with Crippen LogP contribution >= 0.6 is 0 Å². The Morgan fingerprint density at radius 1 is 1.16 bits per heavy atom. The van der Waals surface area contributed by atoms with Crippen LogP contribution in [0.2, 0.25) is 0 Å². The number of anilines is 2. The predicted molar refractivity (Wildman–Crippen MR) is 79.1 cm³/mol. The molecule has 0 aliphatic rings. The van der Waals surface area contributed by atoms with E-state index in [4.69, 9.17) is 5.73 Å². The van der Waals surface area contributed by atoms with Crippen molar-refractivity contribution in [1.82, 2.24) is 4.98 Å². The van der Waals surface area contributed by atoms with Gasteiger partial charge in [0.25, 0.3) is 5.91 Å². The molecule has 4 nitrogen and oxygen atoms in total. The Kier molecular flexibility index (Phi) is 5.54. The third kappa shape index (κ3) is 4.10. The number of nitrogen functional groups attached to an aromatic ring is 1. The standard InChI is InChI=1S/C13H13N3O.C2H6/c1-9-6-7-12(15-8-9)13(17)16-11-5-3-2-4-10(11)14;1-2/h2-8H,14H2,1H3,(H,16,17);1-2H3. The topological polar surface area (TPSA) is 68.0 Å². The molecule has 19 heavy (non-hydrogen) atoms. The molecule has 1 aromatic carbocycles. The van der Waals surface area contributed by atoms with E-state index in [1.54, 1.807) is 24.4 Å². The van der Waals surface area contributed by atoms with Gasteiger partial charge in [-0.25, -0.2) is 0 Å². The van der Waals surface area contributed by atoms with Crippen LogP contribution in [0, 0.1) is 6.92 Å². The molecule has 1 heterocycles. The average molecular weight is 257 g/mol. The average Bonchev–Trinajstić information content (AvgIpc) is 2.44. The van der Waals surface area contributed by atoms with Gasteiger partial charge >= 0.3 is 0 Å². The number of nitrogens with one attached hydrogen (secondary N) is 1. The van der Waals surface area contributed by atoms with Gasteiger partial charge in [-0.15, -0.1) is 0 Å². The molecule has 2 rings (SSSR count). The highest BCUT2D eigenvalue weighted by molar-refractivity contribution is 6.04. The smallest absolute Gasteiger partial charge is 0.274 e. The number of para-hydroxylation sites is 2. The van der Waals surface area contributed by atoms with Crippen LogP contribution in [0.4, 0.5) is 11.4 Å². The Labute approximate surface area is 113 Å². The Morgan fingerprint density at radius 2 is 1.84 bits per heavy atom. The first-order valence-corrected chi connectivity index (χ1v) is 6.25. The molecule has 3 N–H and O–H groups in total. The predicted octanol–water partition coefficient (Wildman–Crippen LogP) is 3.25. The van der Waals surface area contributed by atoms with Crippen molar-refractivity contribution in [3.63, 3.8) is 0 Å². The molecule has 100 valence electrons. The maximum atomic E-state index is 11.8. The van der Waals surface area contributed by atoms with Gasteiger partial charge in [0.2, 0.25) is 0 Å². The van der Waals surface area contributed by atoms with Gasteiger partial charge in [0.1, 0.15) is 5.69 Å². The Morgan fingerprint density at radius 3 is 2.42 bits per heavy atom. The molecular weight excluding hydrogens is 238 g/mol. The van der Waals surface area contributed by atoms with Gasteiger partial charge in [0.15, 0.2) is 0 Å². The molecule has 0 saturated heterocycles. The number of aryl methyl sites for hydroxylation is 1. The molecular formula is C15H19N3O. The van der Waals surface area contributed by atoms with Crippen molar-refractivity contribution in [2.45, 2.75) is 20.8 Å². The Bertz CT molecular complexity index is 535. The van der Waals surface area contributed by atoms with Crippen molar-refractivity contribution in [2.75, 3.05) is 11.1 Å². The summed E-state index contributed by atoms with van der Waals surface area (Å²) in [6.07, 6.45) is 1.66. The molecule has 1 aromatic heterocycles. The number of carbonyl (C=O) groups is 1. The van der Waals surface area contributed by atoms with Gasteiger partial charge in [-0.2, -0.15) is 0 Å². The van der Waals surface area contributed by atoms with E-state index in [1.807, 2.05) is 39.0 Å². The number of benzene rings is 1. The largest absolute Gasteiger partial charge is 0.397 e. The third-order valence-electron chi connectivity index (χ3n) is 2.35. The number of pyridine rings is 1. The lowest BCUT2D eigenvalue weighted by molar-refractivity contribution is 0.102. The number of nitrogens with two attached hydrogens (primary N) is 1. The van der Waals surface area contributed by atoms with Crippen LogP contribution in [0.15, 0.2) is 42.6 Å². The van der Waals surface area contributed by atoms with Crippen LogP contribution in [0.25, 0.3) is 0 Å². The Hall–Kier alpha value is -2.36. The fourth-order valence-corrected chi connectivity index (χ4v) is 1.40. The summed E-state index contributed by atoms with van der Waals surface area (Å²) in [5, 5.41) is 2.72. The lowest BCUT2D eigenvalue weighted by Crippen LogP contribution is -2.14. The van der Waals surface area contributed by atoms with Crippen LogP contribution in [-0.4, -0.2) is 10.9 Å². The summed E-state index contributed by atoms with van der Waals surface area (Å²) in [5.74, 6) is -0.261. The van der Waals surface area contributed by atoms with Crippen LogP contribution in [0.3, 0.4) is 0 Å². The van der Waals surface area contributed by atoms with E-state index < -0.39 is 0 Å². The second-order valence-electron chi connectivity index (χ2n) is 3.76. The minimum Gasteiger partial charge on any atom is -0.397 e. The lowest BCUT2D eigenvalue weighted by atomic mass is 10.2. The second-order valence-corrected chi connectivity index (χ2v) is 3.76. The maximum Gasteiger partial charge on any atom is 0.274 e. The summed E-state index contributed by atoms with van der Waals surface area (Å²) in [5.41, 5.74) is 8.26. The van der Waals surface area contributed by atoms with Crippen LogP contribution in [0.1, 0.15) is 29.9 Å².